The number of hydrogen-bond donors (Lipinski definition) is 2. The number of carbonyl (C=O) groups excluding carboxylic acids is 2. The van der Waals surface area contributed by atoms with E-state index in [4.69, 9.17) is 9.47 Å². The van der Waals surface area contributed by atoms with Crippen LogP contribution in [0, 0.1) is 0 Å². The fourth-order valence-electron chi connectivity index (χ4n) is 2.78. The van der Waals surface area contributed by atoms with Crippen LogP contribution in [0.3, 0.4) is 0 Å². The summed E-state index contributed by atoms with van der Waals surface area (Å²) >= 11 is 0. The molecule has 0 bridgehead atoms. The van der Waals surface area contributed by atoms with Gasteiger partial charge in [0.15, 0.2) is 5.69 Å². The first kappa shape index (κ1) is 20.0. The van der Waals surface area contributed by atoms with Gasteiger partial charge in [0.1, 0.15) is 11.9 Å². The number of hydrogen-bond acceptors (Lipinski definition) is 7. The molecule has 0 aliphatic heterocycles. The number of benzene rings is 2. The number of ether oxygens (including phenoxy) is 2. The van der Waals surface area contributed by atoms with Gasteiger partial charge < -0.3 is 19.9 Å². The van der Waals surface area contributed by atoms with Crippen LogP contribution in [0.5, 0.6) is 5.75 Å². The van der Waals surface area contributed by atoms with Crippen molar-refractivity contribution in [2.45, 2.75) is 12.6 Å². The topological polar surface area (TPSA) is 116 Å². The van der Waals surface area contributed by atoms with E-state index in [1.165, 1.54) is 25.1 Å². The molecule has 0 saturated carbocycles. The summed E-state index contributed by atoms with van der Waals surface area (Å²) in [6.45, 7) is 0.0827. The molecule has 0 aliphatic rings. The minimum absolute atomic E-state index is 0.0388. The smallest absolute Gasteiger partial charge is 0.339 e. The maximum atomic E-state index is 12.5. The molecule has 2 N–H and O–H groups in total. The maximum Gasteiger partial charge on any atom is 0.339 e. The molecule has 1 amide bonds. The summed E-state index contributed by atoms with van der Waals surface area (Å²) in [6.07, 6.45) is 0.512. The lowest BCUT2D eigenvalue weighted by atomic mass is 10.1. The van der Waals surface area contributed by atoms with Gasteiger partial charge in [0.05, 0.1) is 38.2 Å². The molecule has 3 rings (SSSR count). The van der Waals surface area contributed by atoms with E-state index < -0.39 is 18.0 Å². The summed E-state index contributed by atoms with van der Waals surface area (Å²) in [6, 6.07) is 13.6. The molecular formula is C20H20N4O5. The normalized spacial score (nSPS) is 11.6. The molecule has 0 saturated heterocycles. The van der Waals surface area contributed by atoms with Crippen molar-refractivity contribution in [3.05, 3.63) is 71.5 Å². The second-order valence-corrected chi connectivity index (χ2v) is 6.07. The van der Waals surface area contributed by atoms with Crippen molar-refractivity contribution in [3.8, 4) is 5.75 Å². The molecule has 0 radical (unpaired) electrons. The van der Waals surface area contributed by atoms with Crippen LogP contribution < -0.4 is 10.1 Å². The molecule has 0 unspecified atom stereocenters. The second kappa shape index (κ2) is 8.98. The molecule has 2 aromatic carbocycles. The SMILES string of the molecule is COC(=O)c1ccccc1NC(=O)c1cn(C[C@@H](O)c2ccccc2OC)nn1. The van der Waals surface area contributed by atoms with E-state index >= 15 is 0 Å². The van der Waals surface area contributed by atoms with E-state index in [-0.39, 0.29) is 17.8 Å². The Hall–Kier alpha value is -3.72. The third kappa shape index (κ3) is 4.58. The number of nitrogens with one attached hydrogen (secondary N) is 1. The zero-order valence-electron chi connectivity index (χ0n) is 15.9. The van der Waals surface area contributed by atoms with Crippen LogP contribution in [-0.2, 0) is 11.3 Å². The van der Waals surface area contributed by atoms with Crippen LogP contribution in [0.25, 0.3) is 0 Å². The highest BCUT2D eigenvalue weighted by Crippen LogP contribution is 2.25. The van der Waals surface area contributed by atoms with Crippen molar-refractivity contribution in [2.24, 2.45) is 0 Å². The minimum Gasteiger partial charge on any atom is -0.496 e. The number of methoxy groups -OCH3 is 2. The van der Waals surface area contributed by atoms with Crippen LogP contribution in [-0.4, -0.2) is 46.2 Å². The predicted octanol–water partition coefficient (Wildman–Crippen LogP) is 2.06. The number of aliphatic hydroxyl groups excluding tert-OH is 1. The van der Waals surface area contributed by atoms with Crippen molar-refractivity contribution in [2.75, 3.05) is 19.5 Å². The molecule has 1 atom stereocenters. The van der Waals surface area contributed by atoms with Gasteiger partial charge in [-0.3, -0.25) is 4.79 Å². The first-order valence-corrected chi connectivity index (χ1v) is 8.73. The quantitative estimate of drug-likeness (QED) is 0.587. The van der Waals surface area contributed by atoms with E-state index in [0.717, 1.165) is 0 Å². The van der Waals surface area contributed by atoms with Gasteiger partial charge in [0.25, 0.3) is 5.91 Å². The highest BCUT2D eigenvalue weighted by Gasteiger charge is 2.18. The van der Waals surface area contributed by atoms with Crippen LogP contribution in [0.15, 0.2) is 54.7 Å². The molecule has 1 heterocycles. The Labute approximate surface area is 166 Å². The molecule has 3 aromatic rings. The molecule has 0 aliphatic carbocycles. The van der Waals surface area contributed by atoms with Gasteiger partial charge in [-0.15, -0.1) is 5.10 Å². The molecule has 1 aromatic heterocycles. The van der Waals surface area contributed by atoms with E-state index in [1.54, 1.807) is 48.5 Å². The van der Waals surface area contributed by atoms with Crippen LogP contribution in [0.4, 0.5) is 5.69 Å². The summed E-state index contributed by atoms with van der Waals surface area (Å²) in [5, 5.41) is 20.8. The van der Waals surface area contributed by atoms with Gasteiger partial charge in [0.2, 0.25) is 0 Å². The summed E-state index contributed by atoms with van der Waals surface area (Å²) in [7, 11) is 2.79. The Kier molecular flexibility index (Phi) is 6.20. The average Bonchev–Trinajstić information content (AvgIpc) is 3.22. The largest absolute Gasteiger partial charge is 0.496 e. The molecule has 9 heteroatoms. The number of anilines is 1. The first-order valence-electron chi connectivity index (χ1n) is 8.73. The number of carbonyl (C=O) groups is 2. The number of amides is 1. The number of rotatable bonds is 7. The van der Waals surface area contributed by atoms with Crippen molar-refractivity contribution in [3.63, 3.8) is 0 Å². The molecule has 29 heavy (non-hydrogen) atoms. The van der Waals surface area contributed by atoms with E-state index in [2.05, 4.69) is 15.6 Å². The third-order valence-corrected chi connectivity index (χ3v) is 4.21. The lowest BCUT2D eigenvalue weighted by Crippen LogP contribution is -2.16. The Balaban J connectivity index is 1.72. The minimum atomic E-state index is -0.899. The molecule has 0 spiro atoms. The standard InChI is InChI=1S/C20H20N4O5/c1-28-18-10-6-4-8-14(18)17(25)12-24-11-16(22-23-24)19(26)21-15-9-5-3-7-13(15)20(27)29-2/h3-11,17,25H,12H2,1-2H3,(H,21,26)/t17-/m1/s1. The number of para-hydroxylation sites is 2. The maximum absolute atomic E-state index is 12.5. The molecular weight excluding hydrogens is 376 g/mol. The zero-order chi connectivity index (χ0) is 20.8. The zero-order valence-corrected chi connectivity index (χ0v) is 15.9. The predicted molar refractivity (Wildman–Crippen MR) is 104 cm³/mol. The van der Waals surface area contributed by atoms with Crippen molar-refractivity contribution < 1.29 is 24.2 Å². The van der Waals surface area contributed by atoms with Gasteiger partial charge in [-0.2, -0.15) is 0 Å². The summed E-state index contributed by atoms with van der Waals surface area (Å²) in [5.41, 5.74) is 1.16. The van der Waals surface area contributed by atoms with Crippen LogP contribution >= 0.6 is 0 Å². The summed E-state index contributed by atoms with van der Waals surface area (Å²) in [4.78, 5) is 24.3. The Morgan fingerprint density at radius 3 is 2.62 bits per heavy atom. The number of esters is 1. The second-order valence-electron chi connectivity index (χ2n) is 6.07. The molecule has 150 valence electrons. The third-order valence-electron chi connectivity index (χ3n) is 4.21. The Morgan fingerprint density at radius 1 is 1.14 bits per heavy atom. The monoisotopic (exact) mass is 396 g/mol. The van der Waals surface area contributed by atoms with E-state index in [0.29, 0.717) is 17.0 Å². The number of nitrogens with zero attached hydrogens (tertiary/aromatic N) is 3. The Bertz CT molecular complexity index is 1020. The van der Waals surface area contributed by atoms with Crippen molar-refractivity contribution in [1.29, 1.82) is 0 Å². The highest BCUT2D eigenvalue weighted by atomic mass is 16.5. The van der Waals surface area contributed by atoms with Gasteiger partial charge in [-0.1, -0.05) is 35.5 Å². The highest BCUT2D eigenvalue weighted by molar-refractivity contribution is 6.06. The lowest BCUT2D eigenvalue weighted by molar-refractivity contribution is 0.0602. The fraction of sp³-hybridized carbons (Fsp3) is 0.200. The number of aliphatic hydroxyl groups is 1. The molecule has 0 fully saturated rings. The van der Waals surface area contributed by atoms with Gasteiger partial charge >= 0.3 is 5.97 Å². The fourth-order valence-corrected chi connectivity index (χ4v) is 2.78. The summed E-state index contributed by atoms with van der Waals surface area (Å²) < 4.78 is 11.3. The van der Waals surface area contributed by atoms with E-state index in [9.17, 15) is 14.7 Å². The van der Waals surface area contributed by atoms with E-state index in [1.807, 2.05) is 0 Å². The lowest BCUT2D eigenvalue weighted by Gasteiger charge is -2.14. The van der Waals surface area contributed by atoms with Gasteiger partial charge in [-0.05, 0) is 18.2 Å². The molecule has 9 nitrogen and oxygen atoms in total. The van der Waals surface area contributed by atoms with Crippen LogP contribution in [0.1, 0.15) is 32.5 Å². The van der Waals surface area contributed by atoms with Crippen LogP contribution in [0.2, 0.25) is 0 Å². The van der Waals surface area contributed by atoms with Crippen molar-refractivity contribution in [1.82, 2.24) is 15.0 Å². The average molecular weight is 396 g/mol. The van der Waals surface area contributed by atoms with Crippen molar-refractivity contribution >= 4 is 17.6 Å². The Morgan fingerprint density at radius 2 is 1.86 bits per heavy atom. The van der Waals surface area contributed by atoms with Gasteiger partial charge in [-0.25, -0.2) is 9.48 Å². The van der Waals surface area contributed by atoms with Gasteiger partial charge in [0, 0.05) is 5.56 Å². The summed E-state index contributed by atoms with van der Waals surface area (Å²) in [5.74, 6) is -0.554. The first-order chi connectivity index (χ1) is 14.0. The number of aromatic nitrogens is 3.